The average Bonchev–Trinajstić information content (AvgIpc) is 2.60. The SMILES string of the molecule is CC(N)c1csc(NC(=O)C(C(F)(F)F)C(F)(F)F)n1. The Morgan fingerprint density at radius 1 is 1.30 bits per heavy atom. The standard InChI is InChI=1S/C9H9F6N3OS/c1-3(16)4-2-20-7(17-4)18-6(19)5(8(10,11)12)9(13,14)15/h2-3,5H,16H2,1H3,(H,17,18,19). The molecule has 1 rings (SSSR count). The number of nitrogens with zero attached hydrogens (tertiary/aromatic N) is 1. The highest BCUT2D eigenvalue weighted by Crippen LogP contribution is 2.40. The molecule has 114 valence electrons. The molecule has 20 heavy (non-hydrogen) atoms. The topological polar surface area (TPSA) is 68.0 Å². The Labute approximate surface area is 113 Å². The van der Waals surface area contributed by atoms with E-state index in [1.54, 1.807) is 0 Å². The Balaban J connectivity index is 2.92. The minimum atomic E-state index is -5.73. The van der Waals surface area contributed by atoms with Crippen LogP contribution in [0, 0.1) is 5.92 Å². The highest BCUT2D eigenvalue weighted by molar-refractivity contribution is 7.13. The van der Waals surface area contributed by atoms with Gasteiger partial charge in [-0.15, -0.1) is 11.3 Å². The van der Waals surface area contributed by atoms with Crippen LogP contribution in [0.5, 0.6) is 0 Å². The van der Waals surface area contributed by atoms with Crippen LogP contribution in [0.1, 0.15) is 18.7 Å². The van der Waals surface area contributed by atoms with Crippen LogP contribution in [0.15, 0.2) is 5.38 Å². The zero-order chi connectivity index (χ0) is 15.7. The van der Waals surface area contributed by atoms with Gasteiger partial charge in [0.15, 0.2) is 5.13 Å². The maximum absolute atomic E-state index is 12.3. The van der Waals surface area contributed by atoms with Crippen LogP contribution in [0.4, 0.5) is 31.5 Å². The molecule has 0 aliphatic heterocycles. The summed E-state index contributed by atoms with van der Waals surface area (Å²) in [5.74, 6) is -6.33. The van der Waals surface area contributed by atoms with E-state index >= 15 is 0 Å². The summed E-state index contributed by atoms with van der Waals surface area (Å²) in [5.41, 5.74) is 5.68. The molecule has 1 aromatic heterocycles. The first-order valence-corrected chi connectivity index (χ1v) is 5.96. The molecule has 3 N–H and O–H groups in total. The second-order valence-corrected chi connectivity index (χ2v) is 4.73. The lowest BCUT2D eigenvalue weighted by Gasteiger charge is -2.21. The average molecular weight is 321 g/mol. The summed E-state index contributed by atoms with van der Waals surface area (Å²) < 4.78 is 73.7. The number of carbonyl (C=O) groups excluding carboxylic acids is 1. The summed E-state index contributed by atoms with van der Waals surface area (Å²) in [6.07, 6.45) is -11.5. The van der Waals surface area contributed by atoms with E-state index < -0.39 is 30.2 Å². The van der Waals surface area contributed by atoms with Crippen molar-refractivity contribution in [2.24, 2.45) is 11.7 Å². The number of alkyl halides is 6. The van der Waals surface area contributed by atoms with Gasteiger partial charge in [-0.2, -0.15) is 26.3 Å². The van der Waals surface area contributed by atoms with Gasteiger partial charge in [0, 0.05) is 11.4 Å². The van der Waals surface area contributed by atoms with Gasteiger partial charge in [-0.3, -0.25) is 4.79 Å². The quantitative estimate of drug-likeness (QED) is 0.841. The molecule has 11 heteroatoms. The van der Waals surface area contributed by atoms with Gasteiger partial charge < -0.3 is 11.1 Å². The zero-order valence-electron chi connectivity index (χ0n) is 9.84. The van der Waals surface area contributed by atoms with Crippen molar-refractivity contribution in [2.75, 3.05) is 5.32 Å². The predicted octanol–water partition coefficient (Wildman–Crippen LogP) is 2.84. The molecular weight excluding hydrogens is 312 g/mol. The molecule has 4 nitrogen and oxygen atoms in total. The first kappa shape index (κ1) is 16.7. The molecular formula is C9H9F6N3OS. The lowest BCUT2D eigenvalue weighted by Crippen LogP contribution is -2.45. The van der Waals surface area contributed by atoms with Crippen LogP contribution < -0.4 is 11.1 Å². The first-order valence-electron chi connectivity index (χ1n) is 5.08. The molecule has 0 saturated heterocycles. The van der Waals surface area contributed by atoms with Gasteiger partial charge in [-0.25, -0.2) is 4.98 Å². The Morgan fingerprint density at radius 2 is 1.80 bits per heavy atom. The second-order valence-electron chi connectivity index (χ2n) is 3.87. The van der Waals surface area contributed by atoms with E-state index in [1.807, 2.05) is 0 Å². The van der Waals surface area contributed by atoms with Crippen molar-refractivity contribution in [1.82, 2.24) is 4.98 Å². The molecule has 0 aliphatic rings. The number of aromatic nitrogens is 1. The van der Waals surface area contributed by atoms with Gasteiger partial charge >= 0.3 is 12.4 Å². The minimum Gasteiger partial charge on any atom is -0.323 e. The van der Waals surface area contributed by atoms with E-state index in [0.717, 1.165) is 0 Å². The monoisotopic (exact) mass is 321 g/mol. The summed E-state index contributed by atoms with van der Waals surface area (Å²) in [6, 6.07) is -0.557. The van der Waals surface area contributed by atoms with E-state index in [9.17, 15) is 31.1 Å². The highest BCUT2D eigenvalue weighted by atomic mass is 32.1. The normalized spacial score (nSPS) is 14.4. The fourth-order valence-corrected chi connectivity index (χ4v) is 2.03. The van der Waals surface area contributed by atoms with Gasteiger partial charge in [0.2, 0.25) is 11.8 Å². The van der Waals surface area contributed by atoms with Crippen molar-refractivity contribution in [3.63, 3.8) is 0 Å². The molecule has 0 fully saturated rings. The fraction of sp³-hybridized carbons (Fsp3) is 0.556. The molecule has 0 bridgehead atoms. The number of rotatable bonds is 3. The van der Waals surface area contributed by atoms with Crippen LogP contribution in [-0.4, -0.2) is 23.2 Å². The number of halogens is 6. The van der Waals surface area contributed by atoms with Crippen molar-refractivity contribution in [3.8, 4) is 0 Å². The Bertz CT molecular complexity index is 467. The third kappa shape index (κ3) is 4.07. The van der Waals surface area contributed by atoms with E-state index in [2.05, 4.69) is 4.98 Å². The molecule has 1 atom stereocenters. The number of anilines is 1. The predicted molar refractivity (Wildman–Crippen MR) is 58.9 cm³/mol. The first-order chi connectivity index (χ1) is 8.93. The van der Waals surface area contributed by atoms with Gasteiger partial charge in [0.1, 0.15) is 0 Å². The summed E-state index contributed by atoms with van der Waals surface area (Å²) in [5, 5.41) is 2.46. The Morgan fingerprint density at radius 3 is 2.15 bits per heavy atom. The molecule has 0 radical (unpaired) electrons. The van der Waals surface area contributed by atoms with Crippen molar-refractivity contribution in [1.29, 1.82) is 0 Å². The van der Waals surface area contributed by atoms with Crippen LogP contribution >= 0.6 is 11.3 Å². The molecule has 1 unspecified atom stereocenters. The molecule has 1 heterocycles. The van der Waals surface area contributed by atoms with Crippen LogP contribution in [-0.2, 0) is 4.79 Å². The van der Waals surface area contributed by atoms with Gasteiger partial charge in [-0.05, 0) is 6.92 Å². The summed E-state index contributed by atoms with van der Waals surface area (Å²) in [7, 11) is 0. The van der Waals surface area contributed by atoms with E-state index in [0.29, 0.717) is 11.3 Å². The number of nitrogens with one attached hydrogen (secondary N) is 1. The summed E-state index contributed by atoms with van der Waals surface area (Å²) in [4.78, 5) is 14.8. The maximum Gasteiger partial charge on any atom is 0.409 e. The zero-order valence-corrected chi connectivity index (χ0v) is 10.7. The van der Waals surface area contributed by atoms with Crippen molar-refractivity contribution >= 4 is 22.4 Å². The molecule has 1 aromatic rings. The molecule has 0 aliphatic carbocycles. The molecule has 0 spiro atoms. The number of hydrogen-bond acceptors (Lipinski definition) is 4. The molecule has 0 aromatic carbocycles. The summed E-state index contributed by atoms with van der Waals surface area (Å²) >= 11 is 0.687. The van der Waals surface area contributed by atoms with Crippen molar-refractivity contribution in [3.05, 3.63) is 11.1 Å². The Kier molecular flexibility index (Phi) is 4.64. The number of nitrogens with two attached hydrogens (primary N) is 1. The number of amides is 1. The largest absolute Gasteiger partial charge is 0.409 e. The summed E-state index contributed by atoms with van der Waals surface area (Å²) in [6.45, 7) is 1.52. The maximum atomic E-state index is 12.3. The number of thiazole rings is 1. The lowest BCUT2D eigenvalue weighted by molar-refractivity contribution is -0.272. The van der Waals surface area contributed by atoms with Gasteiger partial charge in [-0.1, -0.05) is 0 Å². The van der Waals surface area contributed by atoms with Crippen LogP contribution in [0.25, 0.3) is 0 Å². The third-order valence-corrected chi connectivity index (χ3v) is 2.91. The van der Waals surface area contributed by atoms with Crippen molar-refractivity contribution in [2.45, 2.75) is 25.3 Å². The molecule has 1 amide bonds. The fourth-order valence-electron chi connectivity index (χ4n) is 1.21. The lowest BCUT2D eigenvalue weighted by atomic mass is 10.1. The van der Waals surface area contributed by atoms with Crippen LogP contribution in [0.3, 0.4) is 0 Å². The van der Waals surface area contributed by atoms with E-state index in [4.69, 9.17) is 5.73 Å². The number of carbonyl (C=O) groups is 1. The Hall–Kier alpha value is -1.36. The van der Waals surface area contributed by atoms with E-state index in [-0.39, 0.29) is 10.8 Å². The smallest absolute Gasteiger partial charge is 0.323 e. The minimum absolute atomic E-state index is 0.251. The van der Waals surface area contributed by atoms with Crippen molar-refractivity contribution < 1.29 is 31.1 Å². The molecule has 0 saturated carbocycles. The van der Waals surface area contributed by atoms with Crippen LogP contribution in [0.2, 0.25) is 0 Å². The third-order valence-electron chi connectivity index (χ3n) is 2.14. The van der Waals surface area contributed by atoms with Gasteiger partial charge in [0.05, 0.1) is 5.69 Å². The van der Waals surface area contributed by atoms with Gasteiger partial charge in [0.25, 0.3) is 0 Å². The number of hydrogen-bond donors (Lipinski definition) is 2. The van der Waals surface area contributed by atoms with E-state index in [1.165, 1.54) is 17.6 Å². The highest BCUT2D eigenvalue weighted by Gasteiger charge is 2.61. The second kappa shape index (κ2) is 5.56.